The van der Waals surface area contributed by atoms with Crippen molar-refractivity contribution in [3.8, 4) is 0 Å². The number of nitrogens with two attached hydrogens (primary N) is 1. The lowest BCUT2D eigenvalue weighted by atomic mass is 9.93. The van der Waals surface area contributed by atoms with E-state index < -0.39 is 5.54 Å². The van der Waals surface area contributed by atoms with Crippen LogP contribution in [-0.4, -0.2) is 43.9 Å². The van der Waals surface area contributed by atoms with Crippen molar-refractivity contribution in [1.29, 1.82) is 0 Å². The molecule has 0 aliphatic carbocycles. The van der Waals surface area contributed by atoms with Gasteiger partial charge in [-0.15, -0.1) is 0 Å². The third-order valence-electron chi connectivity index (χ3n) is 2.84. The molecule has 0 aliphatic rings. The van der Waals surface area contributed by atoms with Gasteiger partial charge >= 0.3 is 0 Å². The van der Waals surface area contributed by atoms with Crippen LogP contribution in [0.15, 0.2) is 0 Å². The third-order valence-corrected chi connectivity index (χ3v) is 2.84. The van der Waals surface area contributed by atoms with E-state index in [1.54, 1.807) is 0 Å². The first kappa shape index (κ1) is 17.4. The number of nitrogens with one attached hydrogen (secondary N) is 1. The minimum absolute atomic E-state index is 0.0349. The third kappa shape index (κ3) is 6.93. The summed E-state index contributed by atoms with van der Waals surface area (Å²) in [4.78, 5) is 11.5. The largest absolute Gasteiger partial charge is 0.379 e. The number of hydrogen-bond donors (Lipinski definition) is 2. The summed E-state index contributed by atoms with van der Waals surface area (Å²) in [5.41, 5.74) is 4.75. The van der Waals surface area contributed by atoms with Crippen LogP contribution >= 0.6 is 0 Å². The fraction of sp³-hybridized carbons (Fsp3) is 0.923. The van der Waals surface area contributed by atoms with Gasteiger partial charge in [0, 0.05) is 13.0 Å². The second kappa shape index (κ2) is 9.30. The Hall–Kier alpha value is -0.650. The van der Waals surface area contributed by atoms with Crippen LogP contribution < -0.4 is 11.1 Å². The fourth-order valence-electron chi connectivity index (χ4n) is 1.75. The molecule has 0 radical (unpaired) electrons. The lowest BCUT2D eigenvalue weighted by Crippen LogP contribution is -2.55. The monoisotopic (exact) mass is 260 g/mol. The van der Waals surface area contributed by atoms with E-state index in [0.29, 0.717) is 26.2 Å². The number of rotatable bonds is 11. The molecule has 18 heavy (non-hydrogen) atoms. The van der Waals surface area contributed by atoms with E-state index in [2.05, 4.69) is 12.2 Å². The van der Waals surface area contributed by atoms with E-state index in [-0.39, 0.29) is 12.0 Å². The molecule has 0 aromatic rings. The van der Waals surface area contributed by atoms with Crippen LogP contribution in [0.25, 0.3) is 0 Å². The summed E-state index contributed by atoms with van der Waals surface area (Å²) in [6.45, 7) is 10.3. The Morgan fingerprint density at radius 3 is 2.56 bits per heavy atom. The lowest BCUT2D eigenvalue weighted by molar-refractivity contribution is -0.125. The number of carbonyl (C=O) groups is 1. The van der Waals surface area contributed by atoms with Crippen LogP contribution in [0.5, 0.6) is 0 Å². The van der Waals surface area contributed by atoms with E-state index in [0.717, 1.165) is 13.0 Å². The highest BCUT2D eigenvalue weighted by Crippen LogP contribution is 2.14. The highest BCUT2D eigenvalue weighted by atomic mass is 16.5. The van der Waals surface area contributed by atoms with Gasteiger partial charge in [-0.3, -0.25) is 4.79 Å². The number of primary amides is 1. The van der Waals surface area contributed by atoms with Gasteiger partial charge in [-0.2, -0.15) is 0 Å². The maximum absolute atomic E-state index is 11.5. The molecule has 0 saturated carbocycles. The predicted octanol–water partition coefficient (Wildman–Crippen LogP) is 1.06. The minimum Gasteiger partial charge on any atom is -0.379 e. The van der Waals surface area contributed by atoms with Crippen molar-refractivity contribution in [2.45, 2.75) is 52.2 Å². The minimum atomic E-state index is -0.707. The number of hydrogen-bond acceptors (Lipinski definition) is 4. The molecular weight excluding hydrogens is 232 g/mol. The van der Waals surface area contributed by atoms with Crippen LogP contribution in [0.1, 0.15) is 40.5 Å². The van der Waals surface area contributed by atoms with Crippen molar-refractivity contribution in [2.75, 3.05) is 26.4 Å². The van der Waals surface area contributed by atoms with E-state index >= 15 is 0 Å². The van der Waals surface area contributed by atoms with Crippen LogP contribution in [0.2, 0.25) is 0 Å². The summed E-state index contributed by atoms with van der Waals surface area (Å²) in [7, 11) is 0. The molecule has 0 aliphatic heterocycles. The van der Waals surface area contributed by atoms with Crippen LogP contribution in [-0.2, 0) is 14.3 Å². The molecular formula is C13H28N2O3. The van der Waals surface area contributed by atoms with Gasteiger partial charge in [0.1, 0.15) is 0 Å². The summed E-state index contributed by atoms with van der Waals surface area (Å²) in [5, 5.41) is 3.19. The highest BCUT2D eigenvalue weighted by Gasteiger charge is 2.32. The van der Waals surface area contributed by atoms with Gasteiger partial charge in [0.05, 0.1) is 24.9 Å². The average molecular weight is 260 g/mol. The van der Waals surface area contributed by atoms with Gasteiger partial charge in [0.2, 0.25) is 5.91 Å². The van der Waals surface area contributed by atoms with Crippen LogP contribution in [0.3, 0.4) is 0 Å². The number of carbonyl (C=O) groups excluding carboxylic acids is 1. The van der Waals surface area contributed by atoms with Crippen molar-refractivity contribution >= 4 is 5.91 Å². The van der Waals surface area contributed by atoms with Gasteiger partial charge in [-0.25, -0.2) is 0 Å². The van der Waals surface area contributed by atoms with Gasteiger partial charge in [-0.05, 0) is 33.7 Å². The summed E-state index contributed by atoms with van der Waals surface area (Å²) < 4.78 is 10.8. The van der Waals surface area contributed by atoms with Crippen molar-refractivity contribution in [3.63, 3.8) is 0 Å². The Labute approximate surface area is 110 Å². The molecule has 0 spiro atoms. The molecule has 0 rings (SSSR count). The molecule has 0 aromatic carbocycles. The lowest BCUT2D eigenvalue weighted by Gasteiger charge is -2.30. The molecule has 3 N–H and O–H groups in total. The molecule has 2 unspecified atom stereocenters. The molecule has 1 amide bonds. The topological polar surface area (TPSA) is 73.6 Å². The Morgan fingerprint density at radius 1 is 1.39 bits per heavy atom. The maximum Gasteiger partial charge on any atom is 0.237 e. The van der Waals surface area contributed by atoms with Gasteiger partial charge in [0.15, 0.2) is 0 Å². The molecule has 2 atom stereocenters. The smallest absolute Gasteiger partial charge is 0.237 e. The molecule has 5 heteroatoms. The van der Waals surface area contributed by atoms with Gasteiger partial charge in [-0.1, -0.05) is 6.92 Å². The summed E-state index contributed by atoms with van der Waals surface area (Å²) in [6, 6.07) is 0. The first-order valence-corrected chi connectivity index (χ1v) is 6.70. The predicted molar refractivity (Wildman–Crippen MR) is 72.4 cm³/mol. The zero-order valence-electron chi connectivity index (χ0n) is 12.1. The number of ether oxygens (including phenoxy) is 2. The van der Waals surface area contributed by atoms with E-state index in [1.165, 1.54) is 0 Å². The van der Waals surface area contributed by atoms with Crippen LogP contribution in [0, 0.1) is 0 Å². The highest BCUT2D eigenvalue weighted by molar-refractivity contribution is 5.84. The summed E-state index contributed by atoms with van der Waals surface area (Å²) in [6.07, 6.45) is 1.49. The molecule has 108 valence electrons. The summed E-state index contributed by atoms with van der Waals surface area (Å²) in [5.74, 6) is -0.337. The van der Waals surface area contributed by atoms with E-state index in [9.17, 15) is 4.79 Å². The van der Waals surface area contributed by atoms with Crippen molar-refractivity contribution in [3.05, 3.63) is 0 Å². The van der Waals surface area contributed by atoms with E-state index in [4.69, 9.17) is 15.2 Å². The van der Waals surface area contributed by atoms with Gasteiger partial charge in [0.25, 0.3) is 0 Å². The summed E-state index contributed by atoms with van der Waals surface area (Å²) >= 11 is 0. The first-order chi connectivity index (χ1) is 8.46. The molecule has 0 heterocycles. The standard InChI is InChI=1S/C13H28N2O3/c1-5-7-15-13(4,12(14)16)10-11(3)18-9-8-17-6-2/h11,15H,5-10H2,1-4H3,(H2,14,16). The van der Waals surface area contributed by atoms with Crippen LogP contribution in [0.4, 0.5) is 0 Å². The van der Waals surface area contributed by atoms with Crippen molar-refractivity contribution < 1.29 is 14.3 Å². The fourth-order valence-corrected chi connectivity index (χ4v) is 1.75. The zero-order chi connectivity index (χ0) is 14.0. The van der Waals surface area contributed by atoms with Crippen molar-refractivity contribution in [2.24, 2.45) is 5.73 Å². The second-order valence-corrected chi connectivity index (χ2v) is 4.71. The first-order valence-electron chi connectivity index (χ1n) is 6.70. The molecule has 5 nitrogen and oxygen atoms in total. The Kier molecular flexibility index (Phi) is 8.97. The molecule has 0 fully saturated rings. The number of amides is 1. The SMILES string of the molecule is CCCNC(C)(CC(C)OCCOCC)C(N)=O. The Morgan fingerprint density at radius 2 is 2.06 bits per heavy atom. The molecule has 0 saturated heterocycles. The van der Waals surface area contributed by atoms with Crippen molar-refractivity contribution in [1.82, 2.24) is 5.32 Å². The Bertz CT molecular complexity index is 236. The van der Waals surface area contributed by atoms with Gasteiger partial charge < -0.3 is 20.5 Å². The zero-order valence-corrected chi connectivity index (χ0v) is 12.1. The quantitative estimate of drug-likeness (QED) is 0.545. The Balaban J connectivity index is 4.10. The average Bonchev–Trinajstić information content (AvgIpc) is 2.32. The second-order valence-electron chi connectivity index (χ2n) is 4.71. The van der Waals surface area contributed by atoms with E-state index in [1.807, 2.05) is 20.8 Å². The molecule has 0 aromatic heterocycles. The maximum atomic E-state index is 11.5. The normalized spacial score (nSPS) is 16.2. The molecule has 0 bridgehead atoms.